The van der Waals surface area contributed by atoms with Crippen LogP contribution in [0.2, 0.25) is 0 Å². The van der Waals surface area contributed by atoms with E-state index in [0.717, 1.165) is 0 Å². The van der Waals surface area contributed by atoms with E-state index in [0.29, 0.717) is 0 Å². The fourth-order valence-corrected chi connectivity index (χ4v) is 2.79. The number of benzene rings is 2. The maximum atomic E-state index is 2.24. The van der Waals surface area contributed by atoms with Crippen LogP contribution in [0.15, 0.2) is 60.7 Å². The van der Waals surface area contributed by atoms with Gasteiger partial charge in [0.1, 0.15) is 0 Å². The Balaban J connectivity index is 1.92. The first-order chi connectivity index (χ1) is 8.42. The van der Waals surface area contributed by atoms with E-state index in [4.69, 9.17) is 0 Å². The fraction of sp³-hybridized carbons (Fsp3) is 0. The highest BCUT2D eigenvalue weighted by atomic mass is 32.1. The van der Waals surface area contributed by atoms with Gasteiger partial charge in [0.2, 0.25) is 0 Å². The maximum Gasteiger partial charge on any atom is 0.0349 e. The average Bonchev–Trinajstić information content (AvgIpc) is 2.80. The zero-order valence-electron chi connectivity index (χ0n) is 9.34. The molecule has 0 saturated carbocycles. The summed E-state index contributed by atoms with van der Waals surface area (Å²) in [6.07, 6.45) is 4.34. The van der Waals surface area contributed by atoms with Crippen LogP contribution in [0.4, 0.5) is 0 Å². The summed E-state index contributed by atoms with van der Waals surface area (Å²) in [7, 11) is 0. The molecule has 0 aliphatic carbocycles. The van der Waals surface area contributed by atoms with Gasteiger partial charge in [0, 0.05) is 9.58 Å². The van der Waals surface area contributed by atoms with Gasteiger partial charge in [-0.05, 0) is 29.2 Å². The number of rotatable bonds is 2. The van der Waals surface area contributed by atoms with Crippen molar-refractivity contribution >= 4 is 33.6 Å². The first kappa shape index (κ1) is 10.3. The third kappa shape index (κ3) is 2.29. The highest BCUT2D eigenvalue weighted by Crippen LogP contribution is 2.26. The van der Waals surface area contributed by atoms with Crippen molar-refractivity contribution in [1.29, 1.82) is 0 Å². The van der Waals surface area contributed by atoms with E-state index in [9.17, 15) is 0 Å². The molecule has 0 N–H and O–H groups in total. The van der Waals surface area contributed by atoms with Crippen LogP contribution in [0.25, 0.3) is 22.2 Å². The van der Waals surface area contributed by atoms with Gasteiger partial charge in [-0.25, -0.2) is 0 Å². The Morgan fingerprint density at radius 1 is 0.765 bits per heavy atom. The van der Waals surface area contributed by atoms with Crippen LogP contribution in [0.5, 0.6) is 0 Å². The van der Waals surface area contributed by atoms with Gasteiger partial charge in [0.25, 0.3) is 0 Å². The monoisotopic (exact) mass is 236 g/mol. The topological polar surface area (TPSA) is 0 Å². The molecule has 0 radical (unpaired) electrons. The Bertz CT molecular complexity index is 614. The Labute approximate surface area is 105 Å². The zero-order valence-corrected chi connectivity index (χ0v) is 10.2. The molecule has 2 aromatic carbocycles. The predicted molar refractivity (Wildman–Crippen MR) is 77.2 cm³/mol. The molecule has 3 aromatic rings. The smallest absolute Gasteiger partial charge is 0.0349 e. The van der Waals surface area contributed by atoms with Crippen LogP contribution >= 0.6 is 11.3 Å². The summed E-state index contributed by atoms with van der Waals surface area (Å²) in [4.78, 5) is 1.30. The van der Waals surface area contributed by atoms with Crippen molar-refractivity contribution in [2.24, 2.45) is 0 Å². The molecule has 82 valence electrons. The number of fused-ring (bicyclic) bond motifs is 1. The van der Waals surface area contributed by atoms with Gasteiger partial charge in [0.15, 0.2) is 0 Å². The van der Waals surface area contributed by atoms with Crippen molar-refractivity contribution in [2.75, 3.05) is 0 Å². The summed E-state index contributed by atoms with van der Waals surface area (Å²) >= 11 is 1.83. The Hall–Kier alpha value is -1.86. The predicted octanol–water partition coefficient (Wildman–Crippen LogP) is 5.07. The molecular formula is C16H12S. The van der Waals surface area contributed by atoms with Crippen molar-refractivity contribution in [1.82, 2.24) is 0 Å². The summed E-state index contributed by atoms with van der Waals surface area (Å²) in [6.45, 7) is 0. The minimum atomic E-state index is 1.24. The zero-order chi connectivity index (χ0) is 11.5. The normalized spacial score (nSPS) is 11.3. The Kier molecular flexibility index (Phi) is 2.76. The van der Waals surface area contributed by atoms with Gasteiger partial charge in [-0.1, -0.05) is 54.6 Å². The first-order valence-electron chi connectivity index (χ1n) is 5.63. The van der Waals surface area contributed by atoms with Gasteiger partial charge in [-0.3, -0.25) is 0 Å². The molecule has 1 heterocycles. The summed E-state index contributed by atoms with van der Waals surface area (Å²) in [5, 5.41) is 1.32. The lowest BCUT2D eigenvalue weighted by Gasteiger charge is -1.89. The molecule has 0 saturated heterocycles. The first-order valence-corrected chi connectivity index (χ1v) is 6.45. The molecule has 17 heavy (non-hydrogen) atoms. The van der Waals surface area contributed by atoms with Crippen LogP contribution in [0, 0.1) is 0 Å². The number of hydrogen-bond donors (Lipinski definition) is 0. The van der Waals surface area contributed by atoms with E-state index in [1.54, 1.807) is 0 Å². The lowest BCUT2D eigenvalue weighted by Crippen LogP contribution is -1.67. The molecule has 1 aromatic heterocycles. The van der Waals surface area contributed by atoms with Crippen molar-refractivity contribution in [3.05, 3.63) is 71.1 Å². The highest BCUT2D eigenvalue weighted by Gasteiger charge is 1.97. The van der Waals surface area contributed by atoms with E-state index >= 15 is 0 Å². The second-order valence-electron chi connectivity index (χ2n) is 3.93. The molecule has 0 unspecified atom stereocenters. The molecule has 0 atom stereocenters. The summed E-state index contributed by atoms with van der Waals surface area (Å²) in [6, 6.07) is 21.1. The molecule has 1 heteroatoms. The standard InChI is InChI=1S/C16H12S/c1-2-6-13(7-3-1)10-11-15-12-14-8-4-5-9-16(14)17-15/h1-12H/b11-10-. The van der Waals surface area contributed by atoms with E-state index in [2.05, 4.69) is 66.7 Å². The van der Waals surface area contributed by atoms with Crippen LogP contribution in [-0.4, -0.2) is 0 Å². The maximum absolute atomic E-state index is 2.24. The third-order valence-electron chi connectivity index (χ3n) is 2.68. The summed E-state index contributed by atoms with van der Waals surface area (Å²) in [5.41, 5.74) is 1.24. The van der Waals surface area contributed by atoms with Gasteiger partial charge in [-0.15, -0.1) is 11.3 Å². The largest absolute Gasteiger partial charge is 0.136 e. The minimum Gasteiger partial charge on any atom is -0.136 e. The minimum absolute atomic E-state index is 1.24. The molecule has 0 amide bonds. The van der Waals surface area contributed by atoms with Gasteiger partial charge >= 0.3 is 0 Å². The van der Waals surface area contributed by atoms with Crippen molar-refractivity contribution in [3.63, 3.8) is 0 Å². The van der Waals surface area contributed by atoms with Crippen LogP contribution in [-0.2, 0) is 0 Å². The highest BCUT2D eigenvalue weighted by molar-refractivity contribution is 7.19. The lowest BCUT2D eigenvalue weighted by molar-refractivity contribution is 1.67. The fourth-order valence-electron chi connectivity index (χ4n) is 1.83. The average molecular weight is 236 g/mol. The van der Waals surface area contributed by atoms with Crippen molar-refractivity contribution in [2.45, 2.75) is 0 Å². The third-order valence-corrected chi connectivity index (χ3v) is 3.77. The Morgan fingerprint density at radius 2 is 1.53 bits per heavy atom. The quantitative estimate of drug-likeness (QED) is 0.582. The summed E-state index contributed by atoms with van der Waals surface area (Å²) < 4.78 is 1.35. The second-order valence-corrected chi connectivity index (χ2v) is 5.05. The molecule has 0 bridgehead atoms. The molecule has 0 nitrogen and oxygen atoms in total. The molecule has 0 spiro atoms. The van der Waals surface area contributed by atoms with Crippen LogP contribution in [0.3, 0.4) is 0 Å². The van der Waals surface area contributed by atoms with Gasteiger partial charge in [0.05, 0.1) is 0 Å². The van der Waals surface area contributed by atoms with E-state index in [1.165, 1.54) is 20.5 Å². The van der Waals surface area contributed by atoms with Crippen LogP contribution in [0.1, 0.15) is 10.4 Å². The Morgan fingerprint density at radius 3 is 2.35 bits per heavy atom. The SMILES string of the molecule is C(=C/c1cc2ccccc2s1)/c1ccccc1. The second kappa shape index (κ2) is 4.56. The van der Waals surface area contributed by atoms with E-state index in [1.807, 2.05) is 17.4 Å². The van der Waals surface area contributed by atoms with Crippen LogP contribution < -0.4 is 0 Å². The molecule has 0 aliphatic rings. The van der Waals surface area contributed by atoms with Gasteiger partial charge in [-0.2, -0.15) is 0 Å². The lowest BCUT2D eigenvalue weighted by atomic mass is 10.2. The molecule has 3 rings (SSSR count). The molecule has 0 aliphatic heterocycles. The van der Waals surface area contributed by atoms with E-state index < -0.39 is 0 Å². The van der Waals surface area contributed by atoms with E-state index in [-0.39, 0.29) is 0 Å². The van der Waals surface area contributed by atoms with Crippen molar-refractivity contribution < 1.29 is 0 Å². The number of hydrogen-bond acceptors (Lipinski definition) is 1. The molecule has 0 fully saturated rings. The summed E-state index contributed by atoms with van der Waals surface area (Å²) in [5.74, 6) is 0. The molecular weight excluding hydrogens is 224 g/mol. The van der Waals surface area contributed by atoms with Crippen molar-refractivity contribution in [3.8, 4) is 0 Å². The number of thiophene rings is 1. The van der Waals surface area contributed by atoms with Gasteiger partial charge < -0.3 is 0 Å².